The summed E-state index contributed by atoms with van der Waals surface area (Å²) < 4.78 is 5.74. The highest BCUT2D eigenvalue weighted by molar-refractivity contribution is 6.37. The van der Waals surface area contributed by atoms with Crippen LogP contribution in [-0.2, 0) is 4.74 Å². The third-order valence-corrected chi connectivity index (χ3v) is 3.91. The summed E-state index contributed by atoms with van der Waals surface area (Å²) in [5.74, 6) is 1.23. The molecule has 0 saturated carbocycles. The molecule has 1 aliphatic rings. The molecule has 0 amide bonds. The zero-order valence-corrected chi connectivity index (χ0v) is 13.3. The Kier molecular flexibility index (Phi) is 5.72. The molecule has 0 radical (unpaired) electrons. The summed E-state index contributed by atoms with van der Waals surface area (Å²) in [5.41, 5.74) is 0. The number of pyridine rings is 1. The van der Waals surface area contributed by atoms with Crippen LogP contribution >= 0.6 is 23.2 Å². The lowest BCUT2D eigenvalue weighted by molar-refractivity contribution is -0.0192. The van der Waals surface area contributed by atoms with Crippen molar-refractivity contribution >= 4 is 34.8 Å². The Balaban J connectivity index is 1.96. The van der Waals surface area contributed by atoms with E-state index in [0.29, 0.717) is 28.2 Å². The van der Waals surface area contributed by atoms with E-state index in [1.165, 1.54) is 0 Å². The van der Waals surface area contributed by atoms with E-state index in [2.05, 4.69) is 27.4 Å². The number of nitrogens with one attached hydrogen (secondary N) is 2. The fourth-order valence-electron chi connectivity index (χ4n) is 2.17. The highest BCUT2D eigenvalue weighted by Crippen LogP contribution is 2.28. The highest BCUT2D eigenvalue weighted by Gasteiger charge is 2.19. The minimum Gasteiger partial charge on any atom is -0.374 e. The lowest BCUT2D eigenvalue weighted by Crippen LogP contribution is -2.45. The number of anilines is 2. The molecule has 2 heterocycles. The molecule has 1 unspecified atom stereocenters. The third kappa shape index (κ3) is 3.88. The number of halogens is 2. The summed E-state index contributed by atoms with van der Waals surface area (Å²) in [4.78, 5) is 6.73. The van der Waals surface area contributed by atoms with Crippen LogP contribution in [0.1, 0.15) is 6.92 Å². The first-order valence-electron chi connectivity index (χ1n) is 6.75. The van der Waals surface area contributed by atoms with E-state index in [9.17, 15) is 0 Å². The number of rotatable bonds is 5. The zero-order chi connectivity index (χ0) is 14.5. The van der Waals surface area contributed by atoms with Crippen molar-refractivity contribution in [2.75, 3.05) is 50.5 Å². The summed E-state index contributed by atoms with van der Waals surface area (Å²) in [7, 11) is 1.77. The molecule has 20 heavy (non-hydrogen) atoms. The van der Waals surface area contributed by atoms with Crippen molar-refractivity contribution < 1.29 is 4.74 Å². The van der Waals surface area contributed by atoms with Crippen molar-refractivity contribution in [3.8, 4) is 0 Å². The molecule has 0 aliphatic carbocycles. The van der Waals surface area contributed by atoms with Gasteiger partial charge in [0.2, 0.25) is 0 Å². The van der Waals surface area contributed by atoms with E-state index in [1.54, 1.807) is 13.1 Å². The van der Waals surface area contributed by atoms with Crippen LogP contribution in [0.4, 0.5) is 11.6 Å². The standard InChI is InChI=1S/C13H20Cl2N4O/c1-3-19-4-5-20-9(8-19)7-17-13-11(15)6-10(14)12(16-2)18-13/h6,9H,3-5,7-8H2,1-2H3,(H2,16,17,18). The molecule has 0 bridgehead atoms. The molecule has 1 fully saturated rings. The molecular formula is C13H20Cl2N4O. The van der Waals surface area contributed by atoms with E-state index in [0.717, 1.165) is 26.2 Å². The molecule has 2 N–H and O–H groups in total. The molecule has 1 aliphatic heterocycles. The van der Waals surface area contributed by atoms with Gasteiger partial charge in [0.25, 0.3) is 0 Å². The molecule has 112 valence electrons. The van der Waals surface area contributed by atoms with Gasteiger partial charge in [-0.25, -0.2) is 4.98 Å². The number of hydrogen-bond acceptors (Lipinski definition) is 5. The van der Waals surface area contributed by atoms with Crippen molar-refractivity contribution in [2.45, 2.75) is 13.0 Å². The first-order chi connectivity index (χ1) is 9.63. The molecule has 0 aromatic carbocycles. The normalized spacial score (nSPS) is 19.9. The Labute approximate surface area is 129 Å². The minimum absolute atomic E-state index is 0.148. The van der Waals surface area contributed by atoms with Gasteiger partial charge >= 0.3 is 0 Å². The number of morpholine rings is 1. The monoisotopic (exact) mass is 318 g/mol. The quantitative estimate of drug-likeness (QED) is 0.873. The average molecular weight is 319 g/mol. The molecule has 1 aromatic rings. The summed E-state index contributed by atoms with van der Waals surface area (Å²) in [6.45, 7) is 6.57. The SMILES string of the molecule is CCN1CCOC(CNc2nc(NC)c(Cl)cc2Cl)C1. The molecule has 1 aromatic heterocycles. The van der Waals surface area contributed by atoms with Crippen LogP contribution < -0.4 is 10.6 Å². The second-order valence-electron chi connectivity index (χ2n) is 4.67. The van der Waals surface area contributed by atoms with Gasteiger partial charge in [-0.1, -0.05) is 30.1 Å². The Morgan fingerprint density at radius 3 is 2.85 bits per heavy atom. The van der Waals surface area contributed by atoms with E-state index in [4.69, 9.17) is 27.9 Å². The van der Waals surface area contributed by atoms with Crippen molar-refractivity contribution in [1.29, 1.82) is 0 Å². The van der Waals surface area contributed by atoms with Gasteiger partial charge in [0.1, 0.15) is 11.6 Å². The molecule has 0 spiro atoms. The summed E-state index contributed by atoms with van der Waals surface area (Å²) in [6.07, 6.45) is 0.148. The van der Waals surface area contributed by atoms with E-state index in [-0.39, 0.29) is 6.10 Å². The summed E-state index contributed by atoms with van der Waals surface area (Å²) in [5, 5.41) is 7.19. The van der Waals surface area contributed by atoms with Crippen LogP contribution in [0.25, 0.3) is 0 Å². The molecular weight excluding hydrogens is 299 g/mol. The first kappa shape index (κ1) is 15.6. The molecule has 5 nitrogen and oxygen atoms in total. The van der Waals surface area contributed by atoms with Gasteiger partial charge in [-0.2, -0.15) is 0 Å². The fourth-order valence-corrected chi connectivity index (χ4v) is 2.69. The van der Waals surface area contributed by atoms with Gasteiger partial charge in [-0.05, 0) is 12.6 Å². The first-order valence-corrected chi connectivity index (χ1v) is 7.51. The number of nitrogens with zero attached hydrogens (tertiary/aromatic N) is 2. The van der Waals surface area contributed by atoms with Crippen LogP contribution in [0, 0.1) is 0 Å². The Morgan fingerprint density at radius 1 is 1.40 bits per heavy atom. The zero-order valence-electron chi connectivity index (χ0n) is 11.7. The van der Waals surface area contributed by atoms with Gasteiger partial charge in [0, 0.05) is 26.7 Å². The number of ether oxygens (including phenoxy) is 1. The molecule has 1 saturated heterocycles. The highest BCUT2D eigenvalue weighted by atomic mass is 35.5. The van der Waals surface area contributed by atoms with Gasteiger partial charge in [0.05, 0.1) is 22.8 Å². The molecule has 1 atom stereocenters. The lowest BCUT2D eigenvalue weighted by Gasteiger charge is -2.32. The number of likely N-dealkylation sites (N-methyl/N-ethyl adjacent to an activating group) is 1. The predicted octanol–water partition coefficient (Wildman–Crippen LogP) is 2.56. The smallest absolute Gasteiger partial charge is 0.147 e. The Hall–Kier alpha value is -0.750. The van der Waals surface area contributed by atoms with E-state index >= 15 is 0 Å². The Morgan fingerprint density at radius 2 is 2.15 bits per heavy atom. The summed E-state index contributed by atoms with van der Waals surface area (Å²) in [6, 6.07) is 1.68. The average Bonchev–Trinajstić information content (AvgIpc) is 2.46. The maximum absolute atomic E-state index is 6.14. The van der Waals surface area contributed by atoms with Crippen LogP contribution in [0.15, 0.2) is 6.07 Å². The second-order valence-corrected chi connectivity index (χ2v) is 5.48. The third-order valence-electron chi connectivity index (χ3n) is 3.33. The van der Waals surface area contributed by atoms with Crippen LogP contribution in [0.5, 0.6) is 0 Å². The largest absolute Gasteiger partial charge is 0.374 e. The van der Waals surface area contributed by atoms with Crippen molar-refractivity contribution in [2.24, 2.45) is 0 Å². The van der Waals surface area contributed by atoms with Crippen molar-refractivity contribution in [3.63, 3.8) is 0 Å². The van der Waals surface area contributed by atoms with E-state index < -0.39 is 0 Å². The predicted molar refractivity (Wildman–Crippen MR) is 84.1 cm³/mol. The van der Waals surface area contributed by atoms with Crippen LogP contribution in [0.2, 0.25) is 10.0 Å². The Bertz CT molecular complexity index is 458. The second kappa shape index (κ2) is 7.31. The minimum atomic E-state index is 0.148. The maximum atomic E-state index is 6.14. The van der Waals surface area contributed by atoms with Gasteiger partial charge < -0.3 is 15.4 Å². The van der Waals surface area contributed by atoms with Crippen LogP contribution in [-0.4, -0.2) is 55.8 Å². The maximum Gasteiger partial charge on any atom is 0.147 e. The molecule has 7 heteroatoms. The topological polar surface area (TPSA) is 49.4 Å². The van der Waals surface area contributed by atoms with E-state index in [1.807, 2.05) is 0 Å². The fraction of sp³-hybridized carbons (Fsp3) is 0.615. The van der Waals surface area contributed by atoms with Gasteiger partial charge in [-0.3, -0.25) is 4.90 Å². The number of aromatic nitrogens is 1. The van der Waals surface area contributed by atoms with Gasteiger partial charge in [-0.15, -0.1) is 0 Å². The van der Waals surface area contributed by atoms with Crippen LogP contribution in [0.3, 0.4) is 0 Å². The van der Waals surface area contributed by atoms with Crippen molar-refractivity contribution in [3.05, 3.63) is 16.1 Å². The lowest BCUT2D eigenvalue weighted by atomic mass is 10.2. The van der Waals surface area contributed by atoms with Crippen molar-refractivity contribution in [1.82, 2.24) is 9.88 Å². The molecule has 2 rings (SSSR count). The summed E-state index contributed by atoms with van der Waals surface area (Å²) >= 11 is 12.2. The number of hydrogen-bond donors (Lipinski definition) is 2. The van der Waals surface area contributed by atoms with Gasteiger partial charge in [0.15, 0.2) is 0 Å².